The molecule has 1 aromatic carbocycles. The molecule has 0 unspecified atom stereocenters. The second-order valence-electron chi connectivity index (χ2n) is 5.44. The van der Waals surface area contributed by atoms with Gasteiger partial charge in [0.1, 0.15) is 4.88 Å². The number of carbonyl (C=O) groups excluding carboxylic acids is 2. The van der Waals surface area contributed by atoms with Crippen molar-refractivity contribution in [2.75, 3.05) is 11.9 Å². The maximum absolute atomic E-state index is 11.9. The van der Waals surface area contributed by atoms with Crippen molar-refractivity contribution in [1.82, 2.24) is 4.98 Å². The third-order valence-electron chi connectivity index (χ3n) is 3.37. The number of thiazole rings is 1. The topological polar surface area (TPSA) is 68.3 Å². The number of amides is 1. The van der Waals surface area contributed by atoms with Crippen LogP contribution in [0.15, 0.2) is 41.8 Å². The average molecular weight is 372 g/mol. The zero-order valence-electron chi connectivity index (χ0n) is 13.7. The van der Waals surface area contributed by atoms with Crippen LogP contribution in [0.2, 0.25) is 0 Å². The molecule has 1 N–H and O–H groups in total. The number of esters is 1. The number of aryl methyl sites for hydroxylation is 2. The number of ether oxygens (including phenoxy) is 1. The second-order valence-corrected chi connectivity index (χ2v) is 7.58. The molecule has 0 bridgehead atoms. The van der Waals surface area contributed by atoms with Crippen molar-refractivity contribution in [3.05, 3.63) is 57.1 Å². The lowest BCUT2D eigenvalue weighted by atomic mass is 10.1. The van der Waals surface area contributed by atoms with Crippen LogP contribution in [0.1, 0.15) is 20.1 Å². The number of hydrogen-bond acceptors (Lipinski definition) is 6. The molecule has 0 aliphatic carbocycles. The first kappa shape index (κ1) is 17.3. The molecule has 2 aromatic heterocycles. The molecule has 25 heavy (non-hydrogen) atoms. The minimum Gasteiger partial charge on any atom is -0.451 e. The fraction of sp³-hybridized carbons (Fsp3) is 0.167. The first-order chi connectivity index (χ1) is 12.0. The number of hydrogen-bond donors (Lipinski definition) is 1. The van der Waals surface area contributed by atoms with Gasteiger partial charge >= 0.3 is 5.97 Å². The van der Waals surface area contributed by atoms with E-state index in [1.165, 1.54) is 28.2 Å². The Balaban J connectivity index is 1.55. The largest absolute Gasteiger partial charge is 0.451 e. The molecule has 7 heteroatoms. The van der Waals surface area contributed by atoms with Crippen LogP contribution in [-0.2, 0) is 9.53 Å². The Labute approximate surface area is 153 Å². The highest BCUT2D eigenvalue weighted by Crippen LogP contribution is 2.25. The van der Waals surface area contributed by atoms with Crippen LogP contribution in [0.25, 0.3) is 11.3 Å². The van der Waals surface area contributed by atoms with E-state index in [0.29, 0.717) is 10.0 Å². The molecule has 3 aromatic rings. The van der Waals surface area contributed by atoms with Crippen LogP contribution >= 0.6 is 22.7 Å². The zero-order chi connectivity index (χ0) is 17.8. The van der Waals surface area contributed by atoms with Gasteiger partial charge in [-0.05, 0) is 26.0 Å². The Bertz CT molecular complexity index is 897. The highest BCUT2D eigenvalue weighted by Gasteiger charge is 2.13. The molecule has 0 radical (unpaired) electrons. The molecule has 2 heterocycles. The van der Waals surface area contributed by atoms with Gasteiger partial charge in [0.15, 0.2) is 11.7 Å². The van der Waals surface area contributed by atoms with Gasteiger partial charge in [0.05, 0.1) is 5.69 Å². The summed E-state index contributed by atoms with van der Waals surface area (Å²) < 4.78 is 5.02. The van der Waals surface area contributed by atoms with Crippen molar-refractivity contribution >= 4 is 39.7 Å². The van der Waals surface area contributed by atoms with Gasteiger partial charge in [-0.1, -0.05) is 29.8 Å². The predicted molar refractivity (Wildman–Crippen MR) is 100 cm³/mol. The summed E-state index contributed by atoms with van der Waals surface area (Å²) in [6, 6.07) is 11.5. The standard InChI is InChI=1S/C18H16N2O3S2/c1-11-3-6-13(7-4-11)14-10-24-18(19-14)20-16(21)9-23-17(22)15-8-5-12(2)25-15/h3-8,10H,9H2,1-2H3,(H,19,20,21). The Kier molecular flexibility index (Phi) is 5.25. The zero-order valence-corrected chi connectivity index (χ0v) is 15.4. The molecular weight excluding hydrogens is 356 g/mol. The van der Waals surface area contributed by atoms with Gasteiger partial charge in [-0.25, -0.2) is 9.78 Å². The van der Waals surface area contributed by atoms with E-state index in [2.05, 4.69) is 10.3 Å². The summed E-state index contributed by atoms with van der Waals surface area (Å²) in [5, 5.41) is 5.00. The van der Waals surface area contributed by atoms with E-state index in [0.717, 1.165) is 16.1 Å². The molecule has 0 saturated heterocycles. The number of aromatic nitrogens is 1. The molecule has 0 spiro atoms. The fourth-order valence-corrected chi connectivity index (χ4v) is 3.59. The Morgan fingerprint density at radius 3 is 2.56 bits per heavy atom. The van der Waals surface area contributed by atoms with Crippen molar-refractivity contribution in [1.29, 1.82) is 0 Å². The first-order valence-electron chi connectivity index (χ1n) is 7.57. The smallest absolute Gasteiger partial charge is 0.348 e. The number of thiophene rings is 1. The lowest BCUT2D eigenvalue weighted by Crippen LogP contribution is -2.20. The molecule has 0 fully saturated rings. The molecular formula is C18H16N2O3S2. The maximum Gasteiger partial charge on any atom is 0.348 e. The van der Waals surface area contributed by atoms with Gasteiger partial charge in [-0.2, -0.15) is 0 Å². The van der Waals surface area contributed by atoms with Gasteiger partial charge in [0.2, 0.25) is 0 Å². The molecule has 128 valence electrons. The quantitative estimate of drug-likeness (QED) is 0.679. The molecule has 0 atom stereocenters. The van der Waals surface area contributed by atoms with Crippen LogP contribution in [0.5, 0.6) is 0 Å². The predicted octanol–water partition coefficient (Wildman–Crippen LogP) is 4.28. The van der Waals surface area contributed by atoms with E-state index < -0.39 is 11.9 Å². The first-order valence-corrected chi connectivity index (χ1v) is 9.27. The summed E-state index contributed by atoms with van der Waals surface area (Å²) in [7, 11) is 0. The van der Waals surface area contributed by atoms with Crippen molar-refractivity contribution < 1.29 is 14.3 Å². The third-order valence-corrected chi connectivity index (χ3v) is 5.11. The summed E-state index contributed by atoms with van der Waals surface area (Å²) in [5.41, 5.74) is 2.96. The summed E-state index contributed by atoms with van der Waals surface area (Å²) >= 11 is 2.67. The number of nitrogens with zero attached hydrogens (tertiary/aromatic N) is 1. The highest BCUT2D eigenvalue weighted by molar-refractivity contribution is 7.14. The van der Waals surface area contributed by atoms with Crippen molar-refractivity contribution in [2.45, 2.75) is 13.8 Å². The van der Waals surface area contributed by atoms with E-state index in [9.17, 15) is 9.59 Å². The van der Waals surface area contributed by atoms with Crippen LogP contribution in [0.3, 0.4) is 0 Å². The average Bonchev–Trinajstić information content (AvgIpc) is 3.22. The van der Waals surface area contributed by atoms with Gasteiger partial charge in [0, 0.05) is 15.8 Å². The monoisotopic (exact) mass is 372 g/mol. The van der Waals surface area contributed by atoms with E-state index in [1.807, 2.05) is 49.6 Å². The number of nitrogens with one attached hydrogen (secondary N) is 1. The van der Waals surface area contributed by atoms with E-state index in [-0.39, 0.29) is 6.61 Å². The minimum atomic E-state index is -0.493. The van der Waals surface area contributed by atoms with Gasteiger partial charge in [-0.3, -0.25) is 10.1 Å². The summed E-state index contributed by atoms with van der Waals surface area (Å²) in [6.45, 7) is 3.59. The van der Waals surface area contributed by atoms with Crippen molar-refractivity contribution in [3.8, 4) is 11.3 Å². The third kappa shape index (κ3) is 4.52. The summed E-state index contributed by atoms with van der Waals surface area (Å²) in [5.74, 6) is -0.904. The molecule has 5 nitrogen and oxygen atoms in total. The van der Waals surface area contributed by atoms with E-state index in [1.54, 1.807) is 6.07 Å². The SMILES string of the molecule is Cc1ccc(-c2csc(NC(=O)COC(=O)c3ccc(C)s3)n2)cc1. The van der Waals surface area contributed by atoms with E-state index >= 15 is 0 Å². The Morgan fingerprint density at radius 2 is 1.88 bits per heavy atom. The molecule has 1 amide bonds. The maximum atomic E-state index is 11.9. The highest BCUT2D eigenvalue weighted by atomic mass is 32.1. The van der Waals surface area contributed by atoms with Crippen molar-refractivity contribution in [2.24, 2.45) is 0 Å². The summed E-state index contributed by atoms with van der Waals surface area (Å²) in [6.07, 6.45) is 0. The molecule has 0 aliphatic rings. The normalized spacial score (nSPS) is 10.5. The van der Waals surface area contributed by atoms with Crippen molar-refractivity contribution in [3.63, 3.8) is 0 Å². The lowest BCUT2D eigenvalue weighted by molar-refractivity contribution is -0.119. The number of carbonyl (C=O) groups is 2. The molecule has 3 rings (SSSR count). The van der Waals surface area contributed by atoms with Gasteiger partial charge < -0.3 is 4.74 Å². The second kappa shape index (κ2) is 7.58. The molecule has 0 saturated carbocycles. The number of benzene rings is 1. The van der Waals surface area contributed by atoms with Crippen LogP contribution in [-0.4, -0.2) is 23.5 Å². The number of rotatable bonds is 5. The molecule has 0 aliphatic heterocycles. The lowest BCUT2D eigenvalue weighted by Gasteiger charge is -2.03. The van der Waals surface area contributed by atoms with Crippen LogP contribution in [0.4, 0.5) is 5.13 Å². The van der Waals surface area contributed by atoms with E-state index in [4.69, 9.17) is 4.74 Å². The Morgan fingerprint density at radius 1 is 1.12 bits per heavy atom. The fourth-order valence-electron chi connectivity index (χ4n) is 2.09. The van der Waals surface area contributed by atoms with Gasteiger partial charge in [-0.15, -0.1) is 22.7 Å². The summed E-state index contributed by atoms with van der Waals surface area (Å²) in [4.78, 5) is 29.6. The number of anilines is 1. The van der Waals surface area contributed by atoms with Crippen LogP contribution < -0.4 is 5.32 Å². The minimum absolute atomic E-state index is 0.338. The van der Waals surface area contributed by atoms with Gasteiger partial charge in [0.25, 0.3) is 5.91 Å². The Hall–Kier alpha value is -2.51. The van der Waals surface area contributed by atoms with Crippen LogP contribution in [0, 0.1) is 13.8 Å².